The van der Waals surface area contributed by atoms with Crippen LogP contribution in [0.25, 0.3) is 0 Å². The molecule has 0 aliphatic heterocycles. The van der Waals surface area contributed by atoms with E-state index in [4.69, 9.17) is 9.84 Å². The molecular weight excluding hydrogens is 252 g/mol. The van der Waals surface area contributed by atoms with Gasteiger partial charge in [0.05, 0.1) is 0 Å². The van der Waals surface area contributed by atoms with Gasteiger partial charge in [-0.3, -0.25) is 4.79 Å². The van der Waals surface area contributed by atoms with Crippen LogP contribution in [0.2, 0.25) is 0 Å². The molecule has 0 rings (SSSR count). The highest BCUT2D eigenvalue weighted by Gasteiger charge is 2.23. The summed E-state index contributed by atoms with van der Waals surface area (Å²) in [5.74, 6) is -1.67. The molecule has 0 fully saturated rings. The minimum Gasteiger partial charge on any atom is -0.480 e. The van der Waals surface area contributed by atoms with Crippen molar-refractivity contribution >= 4 is 18.0 Å². The number of esters is 1. The van der Waals surface area contributed by atoms with Crippen LogP contribution in [0.15, 0.2) is 0 Å². The monoisotopic (exact) mass is 274 g/mol. The molecule has 110 valence electrons. The highest BCUT2D eigenvalue weighted by atomic mass is 16.6. The smallest absolute Gasteiger partial charge is 0.326 e. The average Bonchev–Trinajstić information content (AvgIpc) is 2.21. The van der Waals surface area contributed by atoms with Crippen LogP contribution in [0.1, 0.15) is 40.5 Å². The topological polar surface area (TPSA) is 105 Å². The van der Waals surface area contributed by atoms with Crippen molar-refractivity contribution in [2.45, 2.75) is 52.2 Å². The number of carboxylic acid groups (broad SMARTS) is 1. The highest BCUT2D eigenvalue weighted by Crippen LogP contribution is 2.10. The predicted molar refractivity (Wildman–Crippen MR) is 68.7 cm³/mol. The van der Waals surface area contributed by atoms with Gasteiger partial charge in [-0.1, -0.05) is 0 Å². The summed E-state index contributed by atoms with van der Waals surface area (Å²) in [6.45, 7) is 7.30. The summed E-state index contributed by atoms with van der Waals surface area (Å²) >= 11 is 0. The summed E-state index contributed by atoms with van der Waals surface area (Å²) in [5, 5.41) is 13.6. The Morgan fingerprint density at radius 3 is 2.26 bits per heavy atom. The zero-order chi connectivity index (χ0) is 15.1. The van der Waals surface area contributed by atoms with Crippen LogP contribution in [-0.2, 0) is 14.3 Å². The number of amides is 2. The maximum Gasteiger partial charge on any atom is 0.326 e. The number of hydrogen-bond donors (Lipinski definition) is 3. The van der Waals surface area contributed by atoms with Crippen molar-refractivity contribution in [3.63, 3.8) is 0 Å². The van der Waals surface area contributed by atoms with Gasteiger partial charge in [0.1, 0.15) is 11.6 Å². The van der Waals surface area contributed by atoms with Crippen molar-refractivity contribution in [3.8, 4) is 0 Å². The molecule has 1 atom stereocenters. The SMILES string of the molecule is CCNC(=O)N[C@H](CCC(=O)OC(C)(C)C)C(=O)O. The normalized spacial score (nSPS) is 12.4. The molecule has 0 unspecified atom stereocenters. The van der Waals surface area contributed by atoms with Crippen molar-refractivity contribution in [1.29, 1.82) is 0 Å². The van der Waals surface area contributed by atoms with Crippen LogP contribution in [0.4, 0.5) is 4.79 Å². The van der Waals surface area contributed by atoms with Gasteiger partial charge in [0.2, 0.25) is 0 Å². The van der Waals surface area contributed by atoms with Gasteiger partial charge in [-0.25, -0.2) is 9.59 Å². The number of carbonyl (C=O) groups excluding carboxylic acids is 2. The van der Waals surface area contributed by atoms with Gasteiger partial charge in [0.15, 0.2) is 0 Å². The van der Waals surface area contributed by atoms with Crippen LogP contribution in [0.3, 0.4) is 0 Å². The standard InChI is InChI=1S/C12H22N2O5/c1-5-13-11(18)14-8(10(16)17)6-7-9(15)19-12(2,3)4/h8H,5-7H2,1-4H3,(H,16,17)(H2,13,14,18)/t8-/m1/s1. The maximum absolute atomic E-state index is 11.5. The predicted octanol–water partition coefficient (Wildman–Crippen LogP) is 0.881. The first-order chi connectivity index (χ1) is 8.65. The van der Waals surface area contributed by atoms with Gasteiger partial charge in [-0.15, -0.1) is 0 Å². The summed E-state index contributed by atoms with van der Waals surface area (Å²) in [7, 11) is 0. The minimum atomic E-state index is -1.19. The van der Waals surface area contributed by atoms with Gasteiger partial charge < -0.3 is 20.5 Å². The summed E-state index contributed by atoms with van der Waals surface area (Å²) in [5.41, 5.74) is -0.608. The number of ether oxygens (including phenoxy) is 1. The molecule has 0 aromatic rings. The van der Waals surface area contributed by atoms with Crippen molar-refractivity contribution in [1.82, 2.24) is 10.6 Å². The number of urea groups is 1. The lowest BCUT2D eigenvalue weighted by Gasteiger charge is -2.20. The number of carboxylic acids is 1. The first-order valence-corrected chi connectivity index (χ1v) is 6.14. The van der Waals surface area contributed by atoms with Crippen LogP contribution in [0.5, 0.6) is 0 Å². The van der Waals surface area contributed by atoms with E-state index in [0.717, 1.165) is 0 Å². The van der Waals surface area contributed by atoms with Crippen LogP contribution >= 0.6 is 0 Å². The second kappa shape index (κ2) is 7.60. The molecule has 0 heterocycles. The minimum absolute atomic E-state index is 0.0125. The number of rotatable bonds is 6. The molecule has 0 radical (unpaired) electrons. The molecule has 0 aromatic carbocycles. The number of aliphatic carboxylic acids is 1. The van der Waals surface area contributed by atoms with E-state index in [1.54, 1.807) is 27.7 Å². The lowest BCUT2D eigenvalue weighted by molar-refractivity contribution is -0.155. The Hall–Kier alpha value is -1.79. The third-order valence-electron chi connectivity index (χ3n) is 2.00. The molecule has 2 amide bonds. The zero-order valence-corrected chi connectivity index (χ0v) is 11.8. The van der Waals surface area contributed by atoms with E-state index in [1.807, 2.05) is 0 Å². The largest absolute Gasteiger partial charge is 0.480 e. The second-order valence-corrected chi connectivity index (χ2v) is 5.02. The molecule has 7 heteroatoms. The molecule has 0 aromatic heterocycles. The zero-order valence-electron chi connectivity index (χ0n) is 11.8. The van der Waals surface area contributed by atoms with E-state index in [0.29, 0.717) is 6.54 Å². The fraction of sp³-hybridized carbons (Fsp3) is 0.750. The van der Waals surface area contributed by atoms with Gasteiger partial charge in [0, 0.05) is 13.0 Å². The van der Waals surface area contributed by atoms with E-state index in [9.17, 15) is 14.4 Å². The van der Waals surface area contributed by atoms with Crippen LogP contribution < -0.4 is 10.6 Å². The second-order valence-electron chi connectivity index (χ2n) is 5.02. The van der Waals surface area contributed by atoms with Gasteiger partial charge >= 0.3 is 18.0 Å². The quantitative estimate of drug-likeness (QED) is 0.624. The molecule has 3 N–H and O–H groups in total. The molecule has 19 heavy (non-hydrogen) atoms. The number of nitrogens with one attached hydrogen (secondary N) is 2. The number of carbonyl (C=O) groups is 3. The van der Waals surface area contributed by atoms with Gasteiger partial charge in [-0.05, 0) is 34.1 Å². The molecule has 0 aliphatic carbocycles. The molecule has 0 bridgehead atoms. The molecule has 7 nitrogen and oxygen atoms in total. The van der Waals surface area contributed by atoms with Gasteiger partial charge in [-0.2, -0.15) is 0 Å². The molecule has 0 saturated carbocycles. The van der Waals surface area contributed by atoms with Crippen molar-refractivity contribution in [3.05, 3.63) is 0 Å². The Morgan fingerprint density at radius 1 is 1.26 bits per heavy atom. The lowest BCUT2D eigenvalue weighted by atomic mass is 10.1. The molecule has 0 saturated heterocycles. The summed E-state index contributed by atoms with van der Waals surface area (Å²) < 4.78 is 5.06. The summed E-state index contributed by atoms with van der Waals surface area (Å²) in [4.78, 5) is 33.6. The third kappa shape index (κ3) is 8.87. The molecule has 0 spiro atoms. The Balaban J connectivity index is 4.26. The van der Waals surface area contributed by atoms with E-state index < -0.39 is 29.6 Å². The van der Waals surface area contributed by atoms with E-state index in [1.165, 1.54) is 0 Å². The van der Waals surface area contributed by atoms with Crippen molar-refractivity contribution < 1.29 is 24.2 Å². The Labute approximate surface area is 112 Å². The first kappa shape index (κ1) is 17.2. The van der Waals surface area contributed by atoms with Crippen molar-refractivity contribution in [2.75, 3.05) is 6.54 Å². The maximum atomic E-state index is 11.5. The fourth-order valence-electron chi connectivity index (χ4n) is 1.28. The Kier molecular flexibility index (Phi) is 6.89. The summed E-state index contributed by atoms with van der Waals surface area (Å²) in [6, 6.07) is -1.68. The third-order valence-corrected chi connectivity index (χ3v) is 2.00. The van der Waals surface area contributed by atoms with E-state index in [2.05, 4.69) is 10.6 Å². The highest BCUT2D eigenvalue weighted by molar-refractivity contribution is 5.83. The molecular formula is C12H22N2O5. The fourth-order valence-corrected chi connectivity index (χ4v) is 1.28. The summed E-state index contributed by atoms with van der Waals surface area (Å²) in [6.07, 6.45) is -0.0813. The van der Waals surface area contributed by atoms with E-state index >= 15 is 0 Å². The lowest BCUT2D eigenvalue weighted by Crippen LogP contribution is -2.46. The first-order valence-electron chi connectivity index (χ1n) is 6.14. The Morgan fingerprint density at radius 2 is 1.84 bits per heavy atom. The Bertz CT molecular complexity index is 336. The van der Waals surface area contributed by atoms with Gasteiger partial charge in [0.25, 0.3) is 0 Å². The van der Waals surface area contributed by atoms with Crippen LogP contribution in [-0.4, -0.2) is 41.3 Å². The van der Waals surface area contributed by atoms with Crippen molar-refractivity contribution in [2.24, 2.45) is 0 Å². The van der Waals surface area contributed by atoms with E-state index in [-0.39, 0.29) is 12.8 Å². The average molecular weight is 274 g/mol. The van der Waals surface area contributed by atoms with Crippen LogP contribution in [0, 0.1) is 0 Å². The number of hydrogen-bond acceptors (Lipinski definition) is 4. The molecule has 0 aliphatic rings.